The van der Waals surface area contributed by atoms with E-state index in [9.17, 15) is 4.79 Å². The second-order valence-corrected chi connectivity index (χ2v) is 4.48. The molecule has 0 aliphatic rings. The van der Waals surface area contributed by atoms with Crippen LogP contribution in [0.1, 0.15) is 5.56 Å². The molecular formula is C14H11N5O2. The average molecular weight is 281 g/mol. The molecule has 0 aromatic carbocycles. The molecule has 0 radical (unpaired) electrons. The fourth-order valence-electron chi connectivity index (χ4n) is 2.29. The van der Waals surface area contributed by atoms with Crippen LogP contribution in [0.4, 0.5) is 0 Å². The Morgan fingerprint density at radius 2 is 2.24 bits per heavy atom. The molecule has 3 aromatic heterocycles. The van der Waals surface area contributed by atoms with Crippen LogP contribution in [0.3, 0.4) is 0 Å². The summed E-state index contributed by atoms with van der Waals surface area (Å²) in [6, 6.07) is 8.43. The first-order valence-electron chi connectivity index (χ1n) is 6.28. The highest BCUT2D eigenvalue weighted by Crippen LogP contribution is 2.09. The van der Waals surface area contributed by atoms with Gasteiger partial charge in [-0.15, -0.1) is 0 Å². The molecule has 0 saturated heterocycles. The van der Waals surface area contributed by atoms with Crippen LogP contribution in [0, 0.1) is 16.7 Å². The zero-order chi connectivity index (χ0) is 15.0. The van der Waals surface area contributed by atoms with Gasteiger partial charge in [0.1, 0.15) is 22.9 Å². The van der Waals surface area contributed by atoms with Crippen molar-refractivity contribution < 1.29 is 5.11 Å². The summed E-state index contributed by atoms with van der Waals surface area (Å²) in [7, 11) is 0. The van der Waals surface area contributed by atoms with Crippen molar-refractivity contribution in [2.75, 3.05) is 6.61 Å². The largest absolute Gasteiger partial charge is 0.395 e. The second-order valence-electron chi connectivity index (χ2n) is 4.48. The standard InChI is InChI=1S/C14H11N5O2/c15-8-9-7-10-13(19(5-6-20)12(9)16)17-11-3-1-2-4-18(11)14(10)21/h1-4,7,16,20H,5-6H2. The number of hydrogen-bond acceptors (Lipinski definition) is 5. The predicted octanol–water partition coefficient (Wildman–Crippen LogP) is -0.00735. The summed E-state index contributed by atoms with van der Waals surface area (Å²) in [5.41, 5.74) is 0.450. The molecule has 0 saturated carbocycles. The smallest absolute Gasteiger partial charge is 0.267 e. The SMILES string of the molecule is N#Cc1cc2c(=O)n3ccccc3nc2n(CCO)c1=N. The summed E-state index contributed by atoms with van der Waals surface area (Å²) in [6.07, 6.45) is 1.60. The Labute approximate surface area is 118 Å². The maximum absolute atomic E-state index is 12.5. The molecule has 104 valence electrons. The maximum Gasteiger partial charge on any atom is 0.267 e. The fourth-order valence-corrected chi connectivity index (χ4v) is 2.29. The molecule has 0 atom stereocenters. The topological polar surface area (TPSA) is 107 Å². The van der Waals surface area contributed by atoms with E-state index in [1.54, 1.807) is 24.4 Å². The van der Waals surface area contributed by atoms with Gasteiger partial charge in [-0.2, -0.15) is 5.26 Å². The van der Waals surface area contributed by atoms with Crippen molar-refractivity contribution in [1.82, 2.24) is 14.0 Å². The van der Waals surface area contributed by atoms with Gasteiger partial charge >= 0.3 is 0 Å². The summed E-state index contributed by atoms with van der Waals surface area (Å²) >= 11 is 0. The number of rotatable bonds is 2. The lowest BCUT2D eigenvalue weighted by Crippen LogP contribution is -2.28. The fraction of sp³-hybridized carbons (Fsp3) is 0.143. The van der Waals surface area contributed by atoms with E-state index in [1.807, 2.05) is 6.07 Å². The number of aromatic nitrogens is 3. The molecule has 21 heavy (non-hydrogen) atoms. The van der Waals surface area contributed by atoms with Gasteiger partial charge in [0.2, 0.25) is 0 Å². The number of nitrogens with one attached hydrogen (secondary N) is 1. The van der Waals surface area contributed by atoms with Crippen LogP contribution in [0.25, 0.3) is 16.7 Å². The summed E-state index contributed by atoms with van der Waals surface area (Å²) < 4.78 is 2.76. The lowest BCUT2D eigenvalue weighted by atomic mass is 10.2. The summed E-state index contributed by atoms with van der Waals surface area (Å²) in [6.45, 7) is -0.114. The van der Waals surface area contributed by atoms with Crippen LogP contribution < -0.4 is 11.0 Å². The van der Waals surface area contributed by atoms with Gasteiger partial charge in [-0.3, -0.25) is 14.6 Å². The van der Waals surface area contributed by atoms with Crippen molar-refractivity contribution in [1.29, 1.82) is 10.7 Å². The Kier molecular flexibility index (Phi) is 3.01. The molecule has 0 spiro atoms. The van der Waals surface area contributed by atoms with E-state index in [2.05, 4.69) is 4.98 Å². The number of aliphatic hydroxyl groups is 1. The van der Waals surface area contributed by atoms with Crippen LogP contribution >= 0.6 is 0 Å². The first-order valence-corrected chi connectivity index (χ1v) is 6.28. The third-order valence-corrected chi connectivity index (χ3v) is 3.26. The highest BCUT2D eigenvalue weighted by Gasteiger charge is 2.12. The van der Waals surface area contributed by atoms with Crippen molar-refractivity contribution >= 4 is 16.7 Å². The zero-order valence-electron chi connectivity index (χ0n) is 10.9. The van der Waals surface area contributed by atoms with Gasteiger partial charge in [0, 0.05) is 12.7 Å². The van der Waals surface area contributed by atoms with Crippen LogP contribution in [0.5, 0.6) is 0 Å². The van der Waals surface area contributed by atoms with E-state index in [0.29, 0.717) is 11.3 Å². The summed E-state index contributed by atoms with van der Waals surface area (Å²) in [5.74, 6) is 0. The van der Waals surface area contributed by atoms with Gasteiger partial charge in [0.25, 0.3) is 5.56 Å². The van der Waals surface area contributed by atoms with Crippen molar-refractivity contribution in [3.8, 4) is 6.07 Å². The molecule has 0 bridgehead atoms. The van der Waals surface area contributed by atoms with Crippen LogP contribution in [-0.2, 0) is 6.54 Å². The van der Waals surface area contributed by atoms with E-state index < -0.39 is 0 Å². The molecule has 0 aliphatic heterocycles. The predicted molar refractivity (Wildman–Crippen MR) is 74.6 cm³/mol. The van der Waals surface area contributed by atoms with Gasteiger partial charge in [-0.1, -0.05) is 6.07 Å². The number of pyridine rings is 2. The molecule has 0 aliphatic carbocycles. The van der Waals surface area contributed by atoms with E-state index >= 15 is 0 Å². The molecule has 3 rings (SSSR count). The van der Waals surface area contributed by atoms with Gasteiger partial charge in [0.05, 0.1) is 17.6 Å². The van der Waals surface area contributed by atoms with Crippen molar-refractivity contribution in [3.05, 3.63) is 51.9 Å². The van der Waals surface area contributed by atoms with Crippen LogP contribution in [0.2, 0.25) is 0 Å². The number of aliphatic hydroxyl groups excluding tert-OH is 1. The first kappa shape index (κ1) is 13.0. The minimum Gasteiger partial charge on any atom is -0.395 e. The lowest BCUT2D eigenvalue weighted by Gasteiger charge is -2.11. The summed E-state index contributed by atoms with van der Waals surface area (Å²) in [4.78, 5) is 16.9. The van der Waals surface area contributed by atoms with Crippen molar-refractivity contribution in [2.24, 2.45) is 0 Å². The molecule has 0 unspecified atom stereocenters. The Hall–Kier alpha value is -2.98. The lowest BCUT2D eigenvalue weighted by molar-refractivity contribution is 0.275. The molecule has 3 heterocycles. The monoisotopic (exact) mass is 281 g/mol. The Balaban J connectivity index is 2.59. The molecular weight excluding hydrogens is 270 g/mol. The normalized spacial score (nSPS) is 10.9. The highest BCUT2D eigenvalue weighted by molar-refractivity contribution is 5.77. The molecule has 0 fully saturated rings. The van der Waals surface area contributed by atoms with Gasteiger partial charge in [-0.05, 0) is 18.2 Å². The Bertz CT molecular complexity index is 1010. The minimum absolute atomic E-state index is 0.0637. The zero-order valence-corrected chi connectivity index (χ0v) is 10.9. The van der Waals surface area contributed by atoms with Crippen molar-refractivity contribution in [3.63, 3.8) is 0 Å². The van der Waals surface area contributed by atoms with Gasteiger partial charge in [-0.25, -0.2) is 4.98 Å². The number of nitrogens with zero attached hydrogens (tertiary/aromatic N) is 4. The van der Waals surface area contributed by atoms with E-state index in [-0.39, 0.29) is 35.1 Å². The molecule has 0 amide bonds. The molecule has 3 aromatic rings. The molecule has 2 N–H and O–H groups in total. The quantitative estimate of drug-likeness (QED) is 0.644. The highest BCUT2D eigenvalue weighted by atomic mass is 16.3. The Morgan fingerprint density at radius 3 is 2.95 bits per heavy atom. The third kappa shape index (κ3) is 1.89. The van der Waals surface area contributed by atoms with E-state index in [1.165, 1.54) is 15.0 Å². The second kappa shape index (κ2) is 4.85. The van der Waals surface area contributed by atoms with Crippen LogP contribution in [-0.4, -0.2) is 25.7 Å². The van der Waals surface area contributed by atoms with E-state index in [0.717, 1.165) is 0 Å². The molecule has 7 nitrogen and oxygen atoms in total. The van der Waals surface area contributed by atoms with Gasteiger partial charge in [0.15, 0.2) is 0 Å². The van der Waals surface area contributed by atoms with Gasteiger partial charge < -0.3 is 9.67 Å². The maximum atomic E-state index is 12.5. The van der Waals surface area contributed by atoms with Crippen LogP contribution in [0.15, 0.2) is 35.3 Å². The number of fused-ring (bicyclic) bond motifs is 2. The summed E-state index contributed by atoms with van der Waals surface area (Å²) in [5, 5.41) is 26.5. The Morgan fingerprint density at radius 1 is 1.43 bits per heavy atom. The number of hydrogen-bond donors (Lipinski definition) is 2. The number of nitriles is 1. The minimum atomic E-state index is -0.307. The first-order chi connectivity index (χ1) is 10.2. The third-order valence-electron chi connectivity index (χ3n) is 3.26. The van der Waals surface area contributed by atoms with E-state index in [4.69, 9.17) is 15.8 Å². The molecule has 7 heteroatoms. The van der Waals surface area contributed by atoms with Crippen molar-refractivity contribution in [2.45, 2.75) is 6.54 Å². The average Bonchev–Trinajstić information content (AvgIpc) is 2.51.